The molecule has 2 fully saturated rings. The molecular formula is C18H23FN6O2. The summed E-state index contributed by atoms with van der Waals surface area (Å²) in [5, 5.41) is 7.11. The first kappa shape index (κ1) is 17.7. The second-order valence-electron chi connectivity index (χ2n) is 7.51. The first-order valence-corrected chi connectivity index (χ1v) is 9.33. The summed E-state index contributed by atoms with van der Waals surface area (Å²) >= 11 is 0. The van der Waals surface area contributed by atoms with E-state index >= 15 is 0 Å². The molecule has 0 radical (unpaired) electrons. The number of nitrogens with one attached hydrogen (secondary N) is 2. The van der Waals surface area contributed by atoms with Gasteiger partial charge in [0, 0.05) is 37.8 Å². The number of H-pyrrole nitrogens is 2. The summed E-state index contributed by atoms with van der Waals surface area (Å²) in [6.07, 6.45) is 2.30. The highest BCUT2D eigenvalue weighted by atomic mass is 19.1. The van der Waals surface area contributed by atoms with Gasteiger partial charge in [0.2, 0.25) is 11.8 Å². The predicted octanol–water partition coefficient (Wildman–Crippen LogP) is 1.60. The van der Waals surface area contributed by atoms with Crippen molar-refractivity contribution in [3.8, 4) is 0 Å². The number of rotatable bonds is 4. The van der Waals surface area contributed by atoms with Gasteiger partial charge in [-0.1, -0.05) is 13.8 Å². The maximum Gasteiger partial charge on any atom is 0.288 e. The maximum absolute atomic E-state index is 13.9. The maximum atomic E-state index is 13.9. The zero-order chi connectivity index (χ0) is 19.1. The Morgan fingerprint density at radius 2 is 1.96 bits per heavy atom. The van der Waals surface area contributed by atoms with Crippen LogP contribution in [0.3, 0.4) is 0 Å². The van der Waals surface area contributed by atoms with Crippen molar-refractivity contribution in [1.82, 2.24) is 25.1 Å². The molecule has 1 aliphatic carbocycles. The lowest BCUT2D eigenvalue weighted by Gasteiger charge is -2.34. The number of piperazine rings is 1. The Kier molecular flexibility index (Phi) is 4.45. The minimum Gasteiger partial charge on any atom is -0.339 e. The molecule has 8 nitrogen and oxygen atoms in total. The fourth-order valence-corrected chi connectivity index (χ4v) is 3.33. The molecule has 2 N–H and O–H groups in total. The van der Waals surface area contributed by atoms with Gasteiger partial charge >= 0.3 is 0 Å². The average molecular weight is 374 g/mol. The van der Waals surface area contributed by atoms with Crippen LogP contribution in [0, 0.1) is 5.82 Å². The van der Waals surface area contributed by atoms with E-state index < -0.39 is 11.4 Å². The molecule has 1 amide bonds. The molecular weight excluding hydrogens is 351 g/mol. The van der Waals surface area contributed by atoms with Crippen molar-refractivity contribution >= 4 is 11.9 Å². The van der Waals surface area contributed by atoms with Crippen LogP contribution in [0.25, 0.3) is 0 Å². The van der Waals surface area contributed by atoms with E-state index in [1.54, 1.807) is 18.7 Å². The van der Waals surface area contributed by atoms with E-state index in [1.807, 2.05) is 11.0 Å². The Hall–Kier alpha value is -2.71. The lowest BCUT2D eigenvalue weighted by atomic mass is 10.1. The summed E-state index contributed by atoms with van der Waals surface area (Å²) in [7, 11) is 0. The summed E-state index contributed by atoms with van der Waals surface area (Å²) in [5.41, 5.74) is 0.884. The Bertz CT molecular complexity index is 909. The molecule has 1 saturated carbocycles. The van der Waals surface area contributed by atoms with Crippen LogP contribution in [0.4, 0.5) is 10.3 Å². The first-order valence-electron chi connectivity index (χ1n) is 9.33. The molecule has 2 aliphatic rings. The summed E-state index contributed by atoms with van der Waals surface area (Å²) in [6, 6.07) is 1.85. The van der Waals surface area contributed by atoms with Crippen LogP contribution in [-0.2, 0) is 0 Å². The molecule has 4 rings (SSSR count). The molecule has 0 atom stereocenters. The van der Waals surface area contributed by atoms with Crippen molar-refractivity contribution < 1.29 is 9.18 Å². The molecule has 0 unspecified atom stereocenters. The zero-order valence-electron chi connectivity index (χ0n) is 15.5. The molecule has 0 bridgehead atoms. The number of anilines is 1. The van der Waals surface area contributed by atoms with Gasteiger partial charge in [0.1, 0.15) is 5.69 Å². The van der Waals surface area contributed by atoms with Gasteiger partial charge < -0.3 is 9.80 Å². The molecule has 3 heterocycles. The lowest BCUT2D eigenvalue weighted by Crippen LogP contribution is -2.49. The molecule has 0 aromatic carbocycles. The summed E-state index contributed by atoms with van der Waals surface area (Å²) in [5.74, 6) is -0.233. The largest absolute Gasteiger partial charge is 0.339 e. The Morgan fingerprint density at radius 1 is 1.26 bits per heavy atom. The number of carbonyl (C=O) groups is 1. The van der Waals surface area contributed by atoms with Gasteiger partial charge in [-0.05, 0) is 24.8 Å². The van der Waals surface area contributed by atoms with E-state index in [1.165, 1.54) is 0 Å². The van der Waals surface area contributed by atoms with Crippen LogP contribution in [0.1, 0.15) is 60.4 Å². The van der Waals surface area contributed by atoms with Crippen LogP contribution in [-0.4, -0.2) is 57.2 Å². The Balaban J connectivity index is 1.44. The molecule has 0 spiro atoms. The lowest BCUT2D eigenvalue weighted by molar-refractivity contribution is 0.0740. The normalized spacial score (nSPS) is 17.6. The van der Waals surface area contributed by atoms with Crippen molar-refractivity contribution in [1.29, 1.82) is 0 Å². The Morgan fingerprint density at radius 3 is 2.59 bits per heavy atom. The van der Waals surface area contributed by atoms with Crippen molar-refractivity contribution in [2.45, 2.75) is 38.5 Å². The summed E-state index contributed by atoms with van der Waals surface area (Å²) < 4.78 is 13.9. The number of carbonyl (C=O) groups excluding carboxylic acids is 1. The van der Waals surface area contributed by atoms with E-state index in [0.29, 0.717) is 43.7 Å². The van der Waals surface area contributed by atoms with Gasteiger partial charge in [0.05, 0.1) is 5.69 Å². The third-order valence-corrected chi connectivity index (χ3v) is 5.12. The van der Waals surface area contributed by atoms with Gasteiger partial charge in [0.15, 0.2) is 0 Å². The number of hydrogen-bond donors (Lipinski definition) is 2. The molecule has 27 heavy (non-hydrogen) atoms. The zero-order valence-corrected chi connectivity index (χ0v) is 15.5. The van der Waals surface area contributed by atoms with E-state index in [2.05, 4.69) is 20.2 Å². The fraction of sp³-hybridized carbons (Fsp3) is 0.556. The van der Waals surface area contributed by atoms with Crippen LogP contribution < -0.4 is 10.5 Å². The number of nitrogens with zero attached hydrogens (tertiary/aromatic N) is 4. The van der Waals surface area contributed by atoms with Crippen LogP contribution >= 0.6 is 0 Å². The second kappa shape index (κ2) is 6.79. The van der Waals surface area contributed by atoms with E-state index in [0.717, 1.165) is 18.5 Å². The van der Waals surface area contributed by atoms with Crippen LogP contribution in [0.5, 0.6) is 0 Å². The third-order valence-electron chi connectivity index (χ3n) is 5.12. The number of aromatic nitrogens is 4. The minimum absolute atomic E-state index is 0.0961. The molecule has 2 aromatic heterocycles. The highest BCUT2D eigenvalue weighted by Gasteiger charge is 2.29. The quantitative estimate of drug-likeness (QED) is 0.847. The SMILES string of the molecule is CC(C)c1nc(N2CCN(C(=O)c3cc(C4CC4)[nH]n3)CC2)[nH]c(=O)c1F. The van der Waals surface area contributed by atoms with E-state index in [-0.39, 0.29) is 17.5 Å². The van der Waals surface area contributed by atoms with Gasteiger partial charge in [-0.2, -0.15) is 9.49 Å². The van der Waals surface area contributed by atoms with Gasteiger partial charge in [0.25, 0.3) is 11.5 Å². The van der Waals surface area contributed by atoms with Crippen molar-refractivity contribution in [2.24, 2.45) is 0 Å². The van der Waals surface area contributed by atoms with E-state index in [4.69, 9.17) is 0 Å². The smallest absolute Gasteiger partial charge is 0.288 e. The average Bonchev–Trinajstić information content (AvgIpc) is 3.40. The first-order chi connectivity index (χ1) is 12.9. The topological polar surface area (TPSA) is 98.0 Å². The molecule has 1 aliphatic heterocycles. The number of amides is 1. The number of aromatic amines is 2. The minimum atomic E-state index is -0.826. The number of hydrogen-bond acceptors (Lipinski definition) is 5. The summed E-state index contributed by atoms with van der Waals surface area (Å²) in [6.45, 7) is 5.59. The van der Waals surface area contributed by atoms with Crippen LogP contribution in [0.15, 0.2) is 10.9 Å². The van der Waals surface area contributed by atoms with E-state index in [9.17, 15) is 14.0 Å². The molecule has 2 aromatic rings. The summed E-state index contributed by atoms with van der Waals surface area (Å²) in [4.78, 5) is 34.9. The number of halogens is 1. The molecule has 144 valence electrons. The van der Waals surface area contributed by atoms with Crippen molar-refractivity contribution in [3.63, 3.8) is 0 Å². The standard InChI is InChI=1S/C18H23FN6O2/c1-10(2)15-14(19)16(26)21-18(20-15)25-7-5-24(6-8-25)17(27)13-9-12(22-23-13)11-3-4-11/h9-11H,3-8H2,1-2H3,(H,22,23)(H,20,21,26). The van der Waals surface area contributed by atoms with Gasteiger partial charge in [-0.25, -0.2) is 4.98 Å². The molecule has 9 heteroatoms. The Labute approximate surface area is 155 Å². The van der Waals surface area contributed by atoms with Gasteiger partial charge in [-0.15, -0.1) is 0 Å². The third kappa shape index (κ3) is 3.45. The second-order valence-corrected chi connectivity index (χ2v) is 7.51. The van der Waals surface area contributed by atoms with Crippen LogP contribution in [0.2, 0.25) is 0 Å². The molecule has 1 saturated heterocycles. The van der Waals surface area contributed by atoms with Crippen molar-refractivity contribution in [2.75, 3.05) is 31.1 Å². The fourth-order valence-electron chi connectivity index (χ4n) is 3.33. The monoisotopic (exact) mass is 374 g/mol. The van der Waals surface area contributed by atoms with Gasteiger partial charge in [-0.3, -0.25) is 19.7 Å². The highest BCUT2D eigenvalue weighted by Crippen LogP contribution is 2.39. The van der Waals surface area contributed by atoms with Crippen molar-refractivity contribution in [3.05, 3.63) is 39.3 Å². The highest BCUT2D eigenvalue weighted by molar-refractivity contribution is 5.92. The predicted molar refractivity (Wildman–Crippen MR) is 97.6 cm³/mol.